The molecule has 1 saturated heterocycles. The number of phenols is 1. The van der Waals surface area contributed by atoms with E-state index in [9.17, 15) is 14.7 Å². The molecule has 44 heavy (non-hydrogen) atoms. The summed E-state index contributed by atoms with van der Waals surface area (Å²) in [7, 11) is 2.09. The van der Waals surface area contributed by atoms with Gasteiger partial charge in [-0.25, -0.2) is 4.39 Å². The van der Waals surface area contributed by atoms with Gasteiger partial charge in [-0.3, -0.25) is 9.59 Å². The molecule has 3 N–H and O–H groups in total. The fraction of sp³-hybridized carbons (Fsp3) is 0.257. The van der Waals surface area contributed by atoms with Crippen molar-refractivity contribution in [1.82, 2.24) is 14.8 Å². The van der Waals surface area contributed by atoms with Gasteiger partial charge < -0.3 is 29.9 Å². The quantitative estimate of drug-likeness (QED) is 0.202. The number of ether oxygens (including phenoxy) is 1. The SMILES string of the molecule is CN1CCCC1CCNC(=O)c1cn2c3c(c(NCCc4ccc(O)cc4)c(F)cc3c1=O)Oc1cc3ccccc3cc1-2. The zero-order valence-corrected chi connectivity index (χ0v) is 24.4. The second-order valence-electron chi connectivity index (χ2n) is 11.6. The molecule has 9 heteroatoms. The number of likely N-dealkylation sites (tertiary alicyclic amines) is 1. The van der Waals surface area contributed by atoms with Crippen molar-refractivity contribution in [3.63, 3.8) is 0 Å². The average molecular weight is 593 g/mol. The van der Waals surface area contributed by atoms with Gasteiger partial charge in [0.05, 0.1) is 11.1 Å². The van der Waals surface area contributed by atoms with Gasteiger partial charge in [0, 0.05) is 25.3 Å². The van der Waals surface area contributed by atoms with Gasteiger partial charge in [-0.05, 0) is 85.9 Å². The highest BCUT2D eigenvalue weighted by Gasteiger charge is 2.29. The van der Waals surface area contributed by atoms with Gasteiger partial charge >= 0.3 is 0 Å². The molecule has 0 bridgehead atoms. The number of aromatic nitrogens is 1. The molecular formula is C35H33FN4O4. The second kappa shape index (κ2) is 11.3. The average Bonchev–Trinajstić information content (AvgIpc) is 3.43. The van der Waals surface area contributed by atoms with Crippen molar-refractivity contribution >= 4 is 33.3 Å². The van der Waals surface area contributed by atoms with E-state index >= 15 is 4.39 Å². The van der Waals surface area contributed by atoms with Crippen LogP contribution in [0, 0.1) is 5.82 Å². The van der Waals surface area contributed by atoms with Gasteiger partial charge in [0.1, 0.15) is 22.5 Å². The van der Waals surface area contributed by atoms with Crippen LogP contribution in [0.5, 0.6) is 17.2 Å². The highest BCUT2D eigenvalue weighted by atomic mass is 19.1. The van der Waals surface area contributed by atoms with Gasteiger partial charge in [0.15, 0.2) is 17.3 Å². The van der Waals surface area contributed by atoms with Crippen LogP contribution in [0.3, 0.4) is 0 Å². The number of benzene rings is 4. The van der Waals surface area contributed by atoms with E-state index in [1.807, 2.05) is 48.5 Å². The van der Waals surface area contributed by atoms with Crippen molar-refractivity contribution in [3.05, 3.63) is 100 Å². The summed E-state index contributed by atoms with van der Waals surface area (Å²) >= 11 is 0. The van der Waals surface area contributed by atoms with E-state index in [4.69, 9.17) is 4.74 Å². The summed E-state index contributed by atoms with van der Waals surface area (Å²) in [6.07, 6.45) is 5.15. The Balaban J connectivity index is 1.29. The first-order valence-electron chi connectivity index (χ1n) is 15.0. The van der Waals surface area contributed by atoms with E-state index in [1.165, 1.54) is 6.07 Å². The predicted molar refractivity (Wildman–Crippen MR) is 170 cm³/mol. The summed E-state index contributed by atoms with van der Waals surface area (Å²) in [5.74, 6) is -0.259. The number of rotatable bonds is 8. The first-order chi connectivity index (χ1) is 21.4. The molecule has 1 amide bonds. The number of phenolic OH excluding ortho intramolecular Hbond substituents is 1. The van der Waals surface area contributed by atoms with E-state index in [0.717, 1.165) is 42.1 Å². The van der Waals surface area contributed by atoms with Crippen LogP contribution in [-0.4, -0.2) is 53.2 Å². The zero-order chi connectivity index (χ0) is 30.4. The minimum atomic E-state index is -0.645. The molecule has 8 nitrogen and oxygen atoms in total. The van der Waals surface area contributed by atoms with Crippen molar-refractivity contribution in [1.29, 1.82) is 0 Å². The largest absolute Gasteiger partial charge is 0.508 e. The number of nitrogens with zero attached hydrogens (tertiary/aromatic N) is 2. The molecule has 0 spiro atoms. The number of halogens is 1. The number of aromatic hydroxyl groups is 1. The van der Waals surface area contributed by atoms with E-state index < -0.39 is 17.2 Å². The molecule has 0 saturated carbocycles. The third-order valence-electron chi connectivity index (χ3n) is 8.83. The summed E-state index contributed by atoms with van der Waals surface area (Å²) in [4.78, 5) is 29.5. The first-order valence-corrected chi connectivity index (χ1v) is 15.0. The third kappa shape index (κ3) is 5.03. The molecule has 2 aliphatic heterocycles. The Bertz CT molecular complexity index is 1970. The highest BCUT2D eigenvalue weighted by molar-refractivity contribution is 6.02. The van der Waals surface area contributed by atoms with Crippen LogP contribution in [0.25, 0.3) is 27.4 Å². The molecule has 0 aliphatic carbocycles. The zero-order valence-electron chi connectivity index (χ0n) is 24.4. The topological polar surface area (TPSA) is 95.8 Å². The van der Waals surface area contributed by atoms with Gasteiger partial charge in [-0.1, -0.05) is 36.4 Å². The van der Waals surface area contributed by atoms with Gasteiger partial charge in [0.25, 0.3) is 5.91 Å². The molecule has 1 unspecified atom stereocenters. The molecule has 2 aliphatic rings. The lowest BCUT2D eigenvalue weighted by Gasteiger charge is -2.27. The Labute approximate surface area is 253 Å². The lowest BCUT2D eigenvalue weighted by atomic mass is 10.0. The fourth-order valence-corrected chi connectivity index (χ4v) is 6.42. The van der Waals surface area contributed by atoms with Crippen LogP contribution in [0.2, 0.25) is 0 Å². The van der Waals surface area contributed by atoms with Crippen LogP contribution >= 0.6 is 0 Å². The smallest absolute Gasteiger partial charge is 0.256 e. The standard InChI is InChI=1S/C35H33FN4O4/c1-39-16-4-7-24(39)13-15-38-35(43)27-20-40-29-17-22-5-2-3-6-23(22)18-30(29)44-34-31(28(36)19-26(32(34)40)33(27)42)37-14-12-21-8-10-25(41)11-9-21/h2-3,5-6,8-11,17-20,24,37,41H,4,7,12-16H2,1H3,(H,38,43). The lowest BCUT2D eigenvalue weighted by Crippen LogP contribution is -2.34. The minimum Gasteiger partial charge on any atom is -0.508 e. The minimum absolute atomic E-state index is 0.0447. The Morgan fingerprint density at radius 2 is 1.84 bits per heavy atom. The number of hydrogen-bond donors (Lipinski definition) is 3. The number of amides is 1. The van der Waals surface area contributed by atoms with Crippen LogP contribution in [0.15, 0.2) is 77.7 Å². The Hall–Kier alpha value is -4.89. The molecule has 1 fully saturated rings. The Kier molecular flexibility index (Phi) is 7.18. The maximum absolute atomic E-state index is 15.8. The Morgan fingerprint density at radius 3 is 2.59 bits per heavy atom. The van der Waals surface area contributed by atoms with Crippen LogP contribution in [0.1, 0.15) is 35.2 Å². The molecule has 3 heterocycles. The molecule has 4 aromatic carbocycles. The molecule has 224 valence electrons. The van der Waals surface area contributed by atoms with Gasteiger partial charge in [0.2, 0.25) is 5.43 Å². The normalized spacial score (nSPS) is 15.7. The maximum Gasteiger partial charge on any atom is 0.256 e. The van der Waals surface area contributed by atoms with Crippen molar-refractivity contribution in [3.8, 4) is 22.9 Å². The van der Waals surface area contributed by atoms with Crippen molar-refractivity contribution in [2.24, 2.45) is 0 Å². The predicted octanol–water partition coefficient (Wildman–Crippen LogP) is 5.96. The van der Waals surface area contributed by atoms with Crippen LogP contribution in [0.4, 0.5) is 10.1 Å². The van der Waals surface area contributed by atoms with E-state index in [0.29, 0.717) is 42.5 Å². The number of fused-ring (bicyclic) bond motifs is 3. The second-order valence-corrected chi connectivity index (χ2v) is 11.6. The summed E-state index contributed by atoms with van der Waals surface area (Å²) in [6.45, 7) is 1.87. The van der Waals surface area contributed by atoms with Crippen molar-refractivity contribution < 1.29 is 19.0 Å². The van der Waals surface area contributed by atoms with E-state index in [-0.39, 0.29) is 28.1 Å². The molecule has 0 radical (unpaired) electrons. The van der Waals surface area contributed by atoms with Crippen LogP contribution in [-0.2, 0) is 6.42 Å². The maximum atomic E-state index is 15.8. The number of pyridine rings is 1. The van der Waals surface area contributed by atoms with Crippen LogP contribution < -0.4 is 20.8 Å². The molecule has 1 aromatic heterocycles. The summed E-state index contributed by atoms with van der Waals surface area (Å²) in [5, 5.41) is 17.7. The number of carbonyl (C=O) groups excluding carboxylic acids is 1. The van der Waals surface area contributed by atoms with Gasteiger partial charge in [-0.2, -0.15) is 0 Å². The van der Waals surface area contributed by atoms with E-state index in [1.54, 1.807) is 22.9 Å². The molecular weight excluding hydrogens is 559 g/mol. The molecule has 1 atom stereocenters. The number of nitrogens with one attached hydrogen (secondary N) is 2. The van der Waals surface area contributed by atoms with E-state index in [2.05, 4.69) is 22.6 Å². The molecule has 5 aromatic rings. The van der Waals surface area contributed by atoms with Crippen molar-refractivity contribution in [2.75, 3.05) is 32.0 Å². The Morgan fingerprint density at radius 1 is 1.07 bits per heavy atom. The first kappa shape index (κ1) is 27.9. The molecule has 7 rings (SSSR count). The van der Waals surface area contributed by atoms with Crippen molar-refractivity contribution in [2.45, 2.75) is 31.7 Å². The monoisotopic (exact) mass is 592 g/mol. The summed E-state index contributed by atoms with van der Waals surface area (Å²) in [5.41, 5.74) is 1.57. The number of anilines is 1. The third-order valence-corrected chi connectivity index (χ3v) is 8.83. The summed E-state index contributed by atoms with van der Waals surface area (Å²) < 4.78 is 24.0. The number of hydrogen-bond acceptors (Lipinski definition) is 6. The summed E-state index contributed by atoms with van der Waals surface area (Å²) in [6, 6.07) is 20.1. The lowest BCUT2D eigenvalue weighted by molar-refractivity contribution is 0.0949. The van der Waals surface area contributed by atoms with Gasteiger partial charge in [-0.15, -0.1) is 0 Å². The fourth-order valence-electron chi connectivity index (χ4n) is 6.42. The highest BCUT2D eigenvalue weighted by Crippen LogP contribution is 2.46. The number of carbonyl (C=O) groups is 1.